The van der Waals surface area contributed by atoms with E-state index in [2.05, 4.69) is 20.7 Å². The van der Waals surface area contributed by atoms with Gasteiger partial charge in [0.1, 0.15) is 5.69 Å². The maximum absolute atomic E-state index is 12.4. The normalized spacial score (nSPS) is 18.7. The predicted octanol–water partition coefficient (Wildman–Crippen LogP) is 3.73. The molecule has 6 heteroatoms. The third-order valence-electron chi connectivity index (χ3n) is 4.79. The third kappa shape index (κ3) is 3.13. The van der Waals surface area contributed by atoms with Crippen LogP contribution in [0.3, 0.4) is 0 Å². The van der Waals surface area contributed by atoms with Crippen LogP contribution in [0.2, 0.25) is 0 Å². The van der Waals surface area contributed by atoms with E-state index in [1.54, 1.807) is 11.3 Å². The SMILES string of the molecule is O=C(c1cc(-c2csc(NC3CCCC3)n2)c[nH]1)N1CCCC1. The van der Waals surface area contributed by atoms with Crippen LogP contribution in [-0.4, -0.2) is 39.9 Å². The van der Waals surface area contributed by atoms with Crippen LogP contribution in [0, 0.1) is 0 Å². The van der Waals surface area contributed by atoms with Crippen LogP contribution in [0.1, 0.15) is 49.0 Å². The molecule has 2 aliphatic rings. The summed E-state index contributed by atoms with van der Waals surface area (Å²) in [6.07, 6.45) is 9.23. The zero-order valence-corrected chi connectivity index (χ0v) is 14.0. The van der Waals surface area contributed by atoms with Gasteiger partial charge >= 0.3 is 0 Å². The number of amides is 1. The molecule has 2 aromatic heterocycles. The lowest BCUT2D eigenvalue weighted by Gasteiger charge is -2.13. The molecule has 122 valence electrons. The van der Waals surface area contributed by atoms with E-state index in [9.17, 15) is 4.79 Å². The quantitative estimate of drug-likeness (QED) is 0.898. The van der Waals surface area contributed by atoms with Crippen LogP contribution < -0.4 is 5.32 Å². The summed E-state index contributed by atoms with van der Waals surface area (Å²) in [5.41, 5.74) is 2.59. The summed E-state index contributed by atoms with van der Waals surface area (Å²) in [6, 6.07) is 2.50. The van der Waals surface area contributed by atoms with Gasteiger partial charge in [-0.15, -0.1) is 11.3 Å². The number of carbonyl (C=O) groups is 1. The maximum Gasteiger partial charge on any atom is 0.270 e. The first kappa shape index (κ1) is 14.8. The van der Waals surface area contributed by atoms with Crippen LogP contribution in [-0.2, 0) is 0 Å². The first-order chi connectivity index (χ1) is 11.3. The van der Waals surface area contributed by atoms with E-state index in [0.29, 0.717) is 11.7 Å². The highest BCUT2D eigenvalue weighted by Gasteiger charge is 2.21. The number of aromatic amines is 1. The first-order valence-corrected chi connectivity index (χ1v) is 9.38. The molecule has 4 rings (SSSR count). The second-order valence-electron chi connectivity index (χ2n) is 6.46. The van der Waals surface area contributed by atoms with Gasteiger partial charge in [0.05, 0.1) is 5.69 Å². The molecule has 1 aliphatic heterocycles. The number of rotatable bonds is 4. The van der Waals surface area contributed by atoms with Gasteiger partial charge in [-0.1, -0.05) is 12.8 Å². The lowest BCUT2D eigenvalue weighted by Crippen LogP contribution is -2.27. The fraction of sp³-hybridized carbons (Fsp3) is 0.529. The van der Waals surface area contributed by atoms with Crippen molar-refractivity contribution in [3.05, 3.63) is 23.3 Å². The van der Waals surface area contributed by atoms with E-state index in [-0.39, 0.29) is 5.91 Å². The molecule has 5 nitrogen and oxygen atoms in total. The molecule has 1 saturated heterocycles. The fourth-order valence-electron chi connectivity index (χ4n) is 3.47. The summed E-state index contributed by atoms with van der Waals surface area (Å²) < 4.78 is 0. The summed E-state index contributed by atoms with van der Waals surface area (Å²) in [4.78, 5) is 22.1. The Morgan fingerprint density at radius 2 is 2.04 bits per heavy atom. The monoisotopic (exact) mass is 330 g/mol. The number of aromatic nitrogens is 2. The van der Waals surface area contributed by atoms with E-state index in [1.165, 1.54) is 25.7 Å². The van der Waals surface area contributed by atoms with Gasteiger partial charge in [-0.2, -0.15) is 0 Å². The minimum atomic E-state index is 0.105. The number of nitrogens with one attached hydrogen (secondary N) is 2. The number of likely N-dealkylation sites (tertiary alicyclic amines) is 1. The van der Waals surface area contributed by atoms with Gasteiger partial charge < -0.3 is 15.2 Å². The van der Waals surface area contributed by atoms with Gasteiger partial charge in [0.25, 0.3) is 5.91 Å². The Morgan fingerprint density at radius 1 is 1.26 bits per heavy atom. The van der Waals surface area contributed by atoms with Gasteiger partial charge in [0.15, 0.2) is 5.13 Å². The molecule has 0 bridgehead atoms. The van der Waals surface area contributed by atoms with E-state index < -0.39 is 0 Å². The molecular weight excluding hydrogens is 308 g/mol. The van der Waals surface area contributed by atoms with Gasteiger partial charge in [0, 0.05) is 36.3 Å². The summed E-state index contributed by atoms with van der Waals surface area (Å²) >= 11 is 1.64. The lowest BCUT2D eigenvalue weighted by molar-refractivity contribution is 0.0788. The van der Waals surface area contributed by atoms with E-state index in [1.807, 2.05) is 17.2 Å². The van der Waals surface area contributed by atoms with Crippen molar-refractivity contribution < 1.29 is 4.79 Å². The van der Waals surface area contributed by atoms with Crippen molar-refractivity contribution in [3.8, 4) is 11.3 Å². The van der Waals surface area contributed by atoms with Gasteiger partial charge in [-0.25, -0.2) is 4.98 Å². The molecule has 1 amide bonds. The number of carbonyl (C=O) groups excluding carboxylic acids is 1. The van der Waals surface area contributed by atoms with Crippen LogP contribution in [0.5, 0.6) is 0 Å². The highest BCUT2D eigenvalue weighted by Crippen LogP contribution is 2.29. The molecule has 2 N–H and O–H groups in total. The highest BCUT2D eigenvalue weighted by molar-refractivity contribution is 7.14. The zero-order chi connectivity index (χ0) is 15.6. The van der Waals surface area contributed by atoms with Crippen molar-refractivity contribution in [2.24, 2.45) is 0 Å². The Hall–Kier alpha value is -1.82. The molecule has 0 radical (unpaired) electrons. The van der Waals surface area contributed by atoms with E-state index in [0.717, 1.165) is 42.3 Å². The molecule has 0 atom stereocenters. The standard InChI is InChI=1S/C17H22N4OS/c22-16(21-7-3-4-8-21)14-9-12(10-18-14)15-11-23-17(20-15)19-13-5-1-2-6-13/h9-11,13,18H,1-8H2,(H,19,20). The Balaban J connectivity index is 1.46. The molecular formula is C17H22N4OS. The zero-order valence-electron chi connectivity index (χ0n) is 13.2. The van der Waals surface area contributed by atoms with E-state index in [4.69, 9.17) is 0 Å². The summed E-state index contributed by atoms with van der Waals surface area (Å²) in [5.74, 6) is 0.105. The molecule has 0 aromatic carbocycles. The van der Waals surface area contributed by atoms with Crippen LogP contribution in [0.25, 0.3) is 11.3 Å². The molecule has 1 saturated carbocycles. The van der Waals surface area contributed by atoms with Gasteiger partial charge in [0.2, 0.25) is 0 Å². The largest absolute Gasteiger partial charge is 0.359 e. The molecule has 3 heterocycles. The topological polar surface area (TPSA) is 61.0 Å². The molecule has 1 aliphatic carbocycles. The highest BCUT2D eigenvalue weighted by atomic mass is 32.1. The first-order valence-electron chi connectivity index (χ1n) is 8.50. The smallest absolute Gasteiger partial charge is 0.270 e. The Bertz CT molecular complexity index is 680. The van der Waals surface area contributed by atoms with Crippen molar-refractivity contribution in [2.45, 2.75) is 44.6 Å². The van der Waals surface area contributed by atoms with Crippen molar-refractivity contribution in [2.75, 3.05) is 18.4 Å². The molecule has 2 aromatic rings. The second-order valence-corrected chi connectivity index (χ2v) is 7.32. The Labute approximate surface area is 140 Å². The van der Waals surface area contributed by atoms with Crippen molar-refractivity contribution in [3.63, 3.8) is 0 Å². The van der Waals surface area contributed by atoms with Crippen LogP contribution >= 0.6 is 11.3 Å². The van der Waals surface area contributed by atoms with Crippen molar-refractivity contribution >= 4 is 22.4 Å². The number of anilines is 1. The van der Waals surface area contributed by atoms with Gasteiger partial charge in [-0.3, -0.25) is 4.79 Å². The third-order valence-corrected chi connectivity index (χ3v) is 5.56. The van der Waals surface area contributed by atoms with Crippen molar-refractivity contribution in [1.82, 2.24) is 14.9 Å². The average molecular weight is 330 g/mol. The van der Waals surface area contributed by atoms with Crippen molar-refractivity contribution in [1.29, 1.82) is 0 Å². The second kappa shape index (κ2) is 6.35. The summed E-state index contributed by atoms with van der Waals surface area (Å²) in [6.45, 7) is 1.75. The van der Waals surface area contributed by atoms with Gasteiger partial charge in [-0.05, 0) is 31.7 Å². The molecule has 23 heavy (non-hydrogen) atoms. The lowest BCUT2D eigenvalue weighted by atomic mass is 10.2. The fourth-order valence-corrected chi connectivity index (χ4v) is 4.27. The maximum atomic E-state index is 12.4. The summed E-state index contributed by atoms with van der Waals surface area (Å²) in [7, 11) is 0. The molecule has 0 spiro atoms. The predicted molar refractivity (Wildman–Crippen MR) is 92.9 cm³/mol. The number of H-pyrrole nitrogens is 1. The van der Waals surface area contributed by atoms with E-state index >= 15 is 0 Å². The average Bonchev–Trinajstić information content (AvgIpc) is 3.33. The minimum Gasteiger partial charge on any atom is -0.359 e. The molecule has 2 fully saturated rings. The van der Waals surface area contributed by atoms with Crippen LogP contribution in [0.4, 0.5) is 5.13 Å². The minimum absolute atomic E-state index is 0.105. The Kier molecular flexibility index (Phi) is 4.08. The van der Waals surface area contributed by atoms with Crippen LogP contribution in [0.15, 0.2) is 17.6 Å². The number of hydrogen-bond donors (Lipinski definition) is 2. The number of hydrogen-bond acceptors (Lipinski definition) is 4. The summed E-state index contributed by atoms with van der Waals surface area (Å²) in [5, 5.41) is 6.57. The number of thiazole rings is 1. The molecule has 0 unspecified atom stereocenters. The Morgan fingerprint density at radius 3 is 2.83 bits per heavy atom. The number of nitrogens with zero attached hydrogens (tertiary/aromatic N) is 2.